The van der Waals surface area contributed by atoms with E-state index >= 15 is 0 Å². The van der Waals surface area contributed by atoms with Gasteiger partial charge in [-0.25, -0.2) is 4.39 Å². The summed E-state index contributed by atoms with van der Waals surface area (Å²) in [5, 5.41) is 0.822. The second kappa shape index (κ2) is 5.50. The molecule has 0 saturated carbocycles. The van der Waals surface area contributed by atoms with E-state index in [0.29, 0.717) is 6.42 Å². The van der Waals surface area contributed by atoms with E-state index in [1.807, 2.05) is 13.0 Å². The summed E-state index contributed by atoms with van der Waals surface area (Å²) in [6.45, 7) is 2.01. The molecule has 0 heterocycles. The molecule has 0 saturated heterocycles. The van der Waals surface area contributed by atoms with E-state index in [0.717, 1.165) is 28.1 Å². The lowest BCUT2D eigenvalue weighted by molar-refractivity contribution is 0.625. The van der Waals surface area contributed by atoms with Crippen molar-refractivity contribution in [2.24, 2.45) is 0 Å². The van der Waals surface area contributed by atoms with Crippen molar-refractivity contribution in [3.05, 3.63) is 93.3 Å². The molecule has 0 spiro atoms. The topological polar surface area (TPSA) is 0 Å². The molecule has 2 heteroatoms. The fraction of sp³-hybridized carbons (Fsp3) is 0.143. The number of fused-ring (bicyclic) bond motifs is 3. The molecule has 1 aliphatic rings. The molecule has 0 nitrogen and oxygen atoms in total. The maximum Gasteiger partial charge on any atom is 0.123 e. The molecule has 0 fully saturated rings. The van der Waals surface area contributed by atoms with Gasteiger partial charge in [0, 0.05) is 11.4 Å². The summed E-state index contributed by atoms with van der Waals surface area (Å²) in [7, 11) is 0. The molecule has 0 atom stereocenters. The maximum atomic E-state index is 13.5. The maximum absolute atomic E-state index is 13.5. The van der Waals surface area contributed by atoms with Crippen molar-refractivity contribution in [2.45, 2.75) is 19.8 Å². The molecule has 0 unspecified atom stereocenters. The molecule has 0 amide bonds. The van der Waals surface area contributed by atoms with E-state index in [2.05, 4.69) is 36.4 Å². The minimum absolute atomic E-state index is 0.199. The van der Waals surface area contributed by atoms with Crippen LogP contribution >= 0.6 is 11.6 Å². The summed E-state index contributed by atoms with van der Waals surface area (Å²) < 4.78 is 13.5. The second-order valence-electron chi connectivity index (χ2n) is 6.15. The van der Waals surface area contributed by atoms with Crippen LogP contribution in [0, 0.1) is 12.7 Å². The van der Waals surface area contributed by atoms with Gasteiger partial charge in [-0.3, -0.25) is 0 Å². The summed E-state index contributed by atoms with van der Waals surface area (Å²) in [4.78, 5) is 0. The van der Waals surface area contributed by atoms with Crippen molar-refractivity contribution in [2.75, 3.05) is 0 Å². The first-order valence-electron chi connectivity index (χ1n) is 7.77. The molecule has 0 aromatic heterocycles. The van der Waals surface area contributed by atoms with Crippen LogP contribution in [-0.2, 0) is 12.8 Å². The Bertz CT molecular complexity index is 912. The highest BCUT2D eigenvalue weighted by Crippen LogP contribution is 2.41. The Kier molecular flexibility index (Phi) is 3.46. The summed E-state index contributed by atoms with van der Waals surface area (Å²) in [6, 6.07) is 17.6. The molecule has 4 rings (SSSR count). The van der Waals surface area contributed by atoms with Gasteiger partial charge in [0.2, 0.25) is 0 Å². The lowest BCUT2D eigenvalue weighted by atomic mass is 9.97. The van der Waals surface area contributed by atoms with Crippen LogP contribution in [0.15, 0.2) is 54.6 Å². The van der Waals surface area contributed by atoms with E-state index in [1.165, 1.54) is 28.3 Å². The summed E-state index contributed by atoms with van der Waals surface area (Å²) in [5.74, 6) is -0.199. The summed E-state index contributed by atoms with van der Waals surface area (Å²) in [6.07, 6.45) is 1.53. The van der Waals surface area contributed by atoms with Gasteiger partial charge < -0.3 is 0 Å². The molecule has 0 radical (unpaired) electrons. The zero-order valence-electron chi connectivity index (χ0n) is 12.9. The van der Waals surface area contributed by atoms with Gasteiger partial charge >= 0.3 is 0 Å². The molecule has 1 aliphatic carbocycles. The van der Waals surface area contributed by atoms with Gasteiger partial charge in [0.25, 0.3) is 0 Å². The van der Waals surface area contributed by atoms with Gasteiger partial charge in [-0.2, -0.15) is 0 Å². The van der Waals surface area contributed by atoms with Crippen LogP contribution in [0.4, 0.5) is 4.39 Å². The molecular formula is C21H16ClF. The van der Waals surface area contributed by atoms with E-state index in [1.54, 1.807) is 6.07 Å². The Morgan fingerprint density at radius 2 is 1.78 bits per heavy atom. The van der Waals surface area contributed by atoms with Crippen LogP contribution in [0.1, 0.15) is 27.8 Å². The molecule has 23 heavy (non-hydrogen) atoms. The molecule has 3 aromatic carbocycles. The highest BCUT2D eigenvalue weighted by Gasteiger charge is 2.22. The average Bonchev–Trinajstić information content (AvgIpc) is 2.93. The SMILES string of the molecule is Cc1ccc(F)cc1Cc1ccc2c(c1Cl)Cc1ccccc1-2. The number of hydrogen-bond acceptors (Lipinski definition) is 0. The van der Waals surface area contributed by atoms with Crippen LogP contribution in [0.5, 0.6) is 0 Å². The first-order valence-corrected chi connectivity index (χ1v) is 8.15. The molecule has 0 N–H and O–H groups in total. The van der Waals surface area contributed by atoms with Crippen molar-refractivity contribution >= 4 is 11.6 Å². The number of aryl methyl sites for hydroxylation is 1. The van der Waals surface area contributed by atoms with Crippen LogP contribution in [0.2, 0.25) is 5.02 Å². The van der Waals surface area contributed by atoms with Crippen molar-refractivity contribution in [1.82, 2.24) is 0 Å². The molecule has 3 aromatic rings. The molecule has 0 aliphatic heterocycles. The highest BCUT2D eigenvalue weighted by molar-refractivity contribution is 6.32. The normalized spacial score (nSPS) is 12.1. The standard InChI is InChI=1S/C21H16ClF/c1-13-6-8-17(23)11-16(13)10-15-7-9-19-18-5-3-2-4-14(18)12-20(19)21(15)22/h2-9,11H,10,12H2,1H3. The first-order chi connectivity index (χ1) is 11.1. The van der Waals surface area contributed by atoms with Crippen molar-refractivity contribution in [3.63, 3.8) is 0 Å². The minimum Gasteiger partial charge on any atom is -0.207 e. The number of hydrogen-bond donors (Lipinski definition) is 0. The zero-order chi connectivity index (χ0) is 16.0. The lowest BCUT2D eigenvalue weighted by Gasteiger charge is -2.11. The van der Waals surface area contributed by atoms with Crippen molar-refractivity contribution < 1.29 is 4.39 Å². The molecular weight excluding hydrogens is 307 g/mol. The third-order valence-corrected chi connectivity index (χ3v) is 5.16. The number of rotatable bonds is 2. The Balaban J connectivity index is 1.76. The predicted molar refractivity (Wildman–Crippen MR) is 93.6 cm³/mol. The van der Waals surface area contributed by atoms with Gasteiger partial charge in [0.15, 0.2) is 0 Å². The highest BCUT2D eigenvalue weighted by atomic mass is 35.5. The lowest BCUT2D eigenvalue weighted by Crippen LogP contribution is -1.96. The van der Waals surface area contributed by atoms with Gasteiger partial charge in [-0.05, 0) is 64.4 Å². The third kappa shape index (κ3) is 2.46. The van der Waals surface area contributed by atoms with Gasteiger partial charge in [0.1, 0.15) is 5.82 Å². The average molecular weight is 323 g/mol. The minimum atomic E-state index is -0.199. The van der Waals surface area contributed by atoms with Crippen molar-refractivity contribution in [3.8, 4) is 11.1 Å². The fourth-order valence-electron chi connectivity index (χ4n) is 3.39. The van der Waals surface area contributed by atoms with E-state index in [9.17, 15) is 4.39 Å². The molecule has 114 valence electrons. The van der Waals surface area contributed by atoms with E-state index in [-0.39, 0.29) is 5.82 Å². The second-order valence-corrected chi connectivity index (χ2v) is 6.52. The van der Waals surface area contributed by atoms with Crippen LogP contribution < -0.4 is 0 Å². The summed E-state index contributed by atoms with van der Waals surface area (Å²) >= 11 is 6.69. The van der Waals surface area contributed by atoms with Crippen LogP contribution in [0.3, 0.4) is 0 Å². The summed E-state index contributed by atoms with van der Waals surface area (Å²) in [5.41, 5.74) is 8.16. The fourth-order valence-corrected chi connectivity index (χ4v) is 3.69. The predicted octanol–water partition coefficient (Wildman–Crippen LogP) is 5.95. The smallest absolute Gasteiger partial charge is 0.123 e. The van der Waals surface area contributed by atoms with Gasteiger partial charge in [0.05, 0.1) is 0 Å². The Labute approximate surface area is 140 Å². The largest absolute Gasteiger partial charge is 0.207 e. The van der Waals surface area contributed by atoms with E-state index < -0.39 is 0 Å². The Morgan fingerprint density at radius 3 is 2.65 bits per heavy atom. The third-order valence-electron chi connectivity index (χ3n) is 4.69. The van der Waals surface area contributed by atoms with Gasteiger partial charge in [-0.15, -0.1) is 0 Å². The Hall–Kier alpha value is -2.12. The zero-order valence-corrected chi connectivity index (χ0v) is 13.6. The van der Waals surface area contributed by atoms with Crippen molar-refractivity contribution in [1.29, 1.82) is 0 Å². The first kappa shape index (κ1) is 14.5. The quantitative estimate of drug-likeness (QED) is 0.428. The molecule has 0 bridgehead atoms. The van der Waals surface area contributed by atoms with Gasteiger partial charge in [-0.1, -0.05) is 54.1 Å². The number of halogens is 2. The van der Waals surface area contributed by atoms with E-state index in [4.69, 9.17) is 11.6 Å². The monoisotopic (exact) mass is 322 g/mol. The Morgan fingerprint density at radius 1 is 0.957 bits per heavy atom. The van der Waals surface area contributed by atoms with Crippen LogP contribution in [-0.4, -0.2) is 0 Å². The van der Waals surface area contributed by atoms with Crippen LogP contribution in [0.25, 0.3) is 11.1 Å². The number of benzene rings is 3.